The van der Waals surface area contributed by atoms with E-state index in [1.165, 1.54) is 0 Å². The van der Waals surface area contributed by atoms with Gasteiger partial charge >= 0.3 is 0 Å². The van der Waals surface area contributed by atoms with Crippen LogP contribution in [0.1, 0.15) is 25.3 Å². The molecule has 1 unspecified atom stereocenters. The monoisotopic (exact) mass is 254 g/mol. The summed E-state index contributed by atoms with van der Waals surface area (Å²) in [5.41, 5.74) is 6.11. The maximum atomic E-state index is 12.2. The molecule has 0 aliphatic heterocycles. The number of nitrogens with two attached hydrogens (primary N) is 1. The molecule has 1 fully saturated rings. The summed E-state index contributed by atoms with van der Waals surface area (Å²) in [5.74, 6) is 0.00111. The number of carbonyl (C=O) groups excluding carboxylic acids is 1. The third-order valence-electron chi connectivity index (χ3n) is 3.23. The van der Waals surface area contributed by atoms with E-state index in [-0.39, 0.29) is 18.3 Å². The lowest BCUT2D eigenvalue weighted by molar-refractivity contribution is -0.135. The van der Waals surface area contributed by atoms with E-state index < -0.39 is 5.54 Å². The average molecular weight is 255 g/mol. The van der Waals surface area contributed by atoms with Gasteiger partial charge in [-0.3, -0.25) is 4.79 Å². The fourth-order valence-electron chi connectivity index (χ4n) is 1.90. The molecule has 17 heavy (non-hydrogen) atoms. The zero-order valence-electron chi connectivity index (χ0n) is 10.2. The lowest BCUT2D eigenvalue weighted by Gasteiger charge is -2.29. The van der Waals surface area contributed by atoms with Crippen molar-refractivity contribution in [2.24, 2.45) is 5.73 Å². The second-order valence-electron chi connectivity index (χ2n) is 4.72. The van der Waals surface area contributed by atoms with E-state index >= 15 is 0 Å². The fourth-order valence-corrected chi connectivity index (χ4v) is 1.90. The molecule has 0 spiro atoms. The van der Waals surface area contributed by atoms with Gasteiger partial charge in [-0.05, 0) is 25.3 Å². The van der Waals surface area contributed by atoms with Crippen molar-refractivity contribution in [1.29, 1.82) is 0 Å². The van der Waals surface area contributed by atoms with Gasteiger partial charge in [-0.2, -0.15) is 0 Å². The Bertz CT molecular complexity index is 388. The summed E-state index contributed by atoms with van der Waals surface area (Å²) in [6.07, 6.45) is 2.21. The molecule has 1 aliphatic rings. The number of hydrogen-bond donors (Lipinski definition) is 1. The smallest absolute Gasteiger partial charge is 0.246 e. The maximum absolute atomic E-state index is 12.2. The Balaban J connectivity index is 0.00000144. The molecule has 1 amide bonds. The van der Waals surface area contributed by atoms with Crippen molar-refractivity contribution in [2.75, 3.05) is 7.05 Å². The highest BCUT2D eigenvalue weighted by Crippen LogP contribution is 2.29. The van der Waals surface area contributed by atoms with E-state index in [4.69, 9.17) is 5.73 Å². The SMILES string of the molecule is CN(C(=O)C(C)(N)c1ccccc1)C1CC1.Cl. The molecule has 0 radical (unpaired) electrons. The molecule has 1 aromatic rings. The molecule has 0 heterocycles. The number of amides is 1. The Hall–Kier alpha value is -1.06. The van der Waals surface area contributed by atoms with Gasteiger partial charge in [-0.1, -0.05) is 30.3 Å². The highest BCUT2D eigenvalue weighted by Gasteiger charge is 2.38. The highest BCUT2D eigenvalue weighted by molar-refractivity contribution is 5.87. The fraction of sp³-hybridized carbons (Fsp3) is 0.462. The zero-order chi connectivity index (χ0) is 11.8. The molecule has 0 bridgehead atoms. The summed E-state index contributed by atoms with van der Waals surface area (Å²) >= 11 is 0. The first-order chi connectivity index (χ1) is 7.53. The van der Waals surface area contributed by atoms with Gasteiger partial charge in [0.05, 0.1) is 0 Å². The number of hydrogen-bond acceptors (Lipinski definition) is 2. The van der Waals surface area contributed by atoms with Crippen molar-refractivity contribution >= 4 is 18.3 Å². The van der Waals surface area contributed by atoms with Gasteiger partial charge in [-0.15, -0.1) is 12.4 Å². The summed E-state index contributed by atoms with van der Waals surface area (Å²) in [5, 5.41) is 0. The first-order valence-electron chi connectivity index (χ1n) is 5.65. The molecule has 3 nitrogen and oxygen atoms in total. The number of carbonyl (C=O) groups is 1. The summed E-state index contributed by atoms with van der Waals surface area (Å²) in [4.78, 5) is 14.0. The van der Waals surface area contributed by atoms with E-state index in [1.807, 2.05) is 37.4 Å². The molecule has 0 aromatic heterocycles. The van der Waals surface area contributed by atoms with E-state index in [0.717, 1.165) is 18.4 Å². The van der Waals surface area contributed by atoms with Crippen LogP contribution in [-0.2, 0) is 10.3 Å². The average Bonchev–Trinajstić information content (AvgIpc) is 3.12. The van der Waals surface area contributed by atoms with Crippen molar-refractivity contribution in [2.45, 2.75) is 31.3 Å². The third-order valence-corrected chi connectivity index (χ3v) is 3.23. The van der Waals surface area contributed by atoms with Gasteiger partial charge in [-0.25, -0.2) is 0 Å². The van der Waals surface area contributed by atoms with E-state index in [0.29, 0.717) is 6.04 Å². The Morgan fingerprint density at radius 2 is 1.88 bits per heavy atom. The van der Waals surface area contributed by atoms with Crippen LogP contribution in [0.15, 0.2) is 30.3 Å². The Kier molecular flexibility index (Phi) is 4.17. The van der Waals surface area contributed by atoms with Gasteiger partial charge in [0.2, 0.25) is 5.91 Å². The van der Waals surface area contributed by atoms with Crippen molar-refractivity contribution in [1.82, 2.24) is 4.90 Å². The standard InChI is InChI=1S/C13H18N2O.ClH/c1-13(14,10-6-4-3-5-7-10)12(16)15(2)11-8-9-11;/h3-7,11H,8-9,14H2,1-2H3;1H. The predicted octanol–water partition coefficient (Wildman–Crippen LogP) is 1.90. The van der Waals surface area contributed by atoms with Gasteiger partial charge in [0.25, 0.3) is 0 Å². The first-order valence-corrected chi connectivity index (χ1v) is 5.65. The van der Waals surface area contributed by atoms with Crippen LogP contribution in [0, 0.1) is 0 Å². The normalized spacial score (nSPS) is 17.8. The van der Waals surface area contributed by atoms with Gasteiger partial charge in [0.15, 0.2) is 0 Å². The molecule has 4 heteroatoms. The molecule has 94 valence electrons. The van der Waals surface area contributed by atoms with E-state index in [9.17, 15) is 4.79 Å². The second kappa shape index (κ2) is 5.07. The van der Waals surface area contributed by atoms with Crippen LogP contribution < -0.4 is 5.73 Å². The molecular weight excluding hydrogens is 236 g/mol. The minimum absolute atomic E-state index is 0. The van der Waals surface area contributed by atoms with Crippen LogP contribution in [0.4, 0.5) is 0 Å². The van der Waals surface area contributed by atoms with Gasteiger partial charge in [0.1, 0.15) is 5.54 Å². The number of benzene rings is 1. The number of nitrogens with zero attached hydrogens (tertiary/aromatic N) is 1. The summed E-state index contributed by atoms with van der Waals surface area (Å²) in [6.45, 7) is 1.78. The van der Waals surface area contributed by atoms with Gasteiger partial charge < -0.3 is 10.6 Å². The number of halogens is 1. The van der Waals surface area contributed by atoms with Crippen molar-refractivity contribution in [3.05, 3.63) is 35.9 Å². The molecule has 2 rings (SSSR count). The summed E-state index contributed by atoms with van der Waals surface area (Å²) < 4.78 is 0. The zero-order valence-corrected chi connectivity index (χ0v) is 11.0. The Labute approximate surface area is 108 Å². The van der Waals surface area contributed by atoms with Crippen LogP contribution in [0.5, 0.6) is 0 Å². The molecule has 1 aromatic carbocycles. The molecule has 1 atom stereocenters. The lowest BCUT2D eigenvalue weighted by atomic mass is 9.92. The van der Waals surface area contributed by atoms with Crippen LogP contribution >= 0.6 is 12.4 Å². The number of rotatable bonds is 3. The van der Waals surface area contributed by atoms with Crippen LogP contribution in [-0.4, -0.2) is 23.9 Å². The summed E-state index contributed by atoms with van der Waals surface area (Å²) in [6, 6.07) is 9.95. The number of likely N-dealkylation sites (N-methyl/N-ethyl adjacent to an activating group) is 1. The Morgan fingerprint density at radius 1 is 1.35 bits per heavy atom. The molecule has 1 aliphatic carbocycles. The Morgan fingerprint density at radius 3 is 2.35 bits per heavy atom. The topological polar surface area (TPSA) is 46.3 Å². The van der Waals surface area contributed by atoms with Crippen LogP contribution in [0.2, 0.25) is 0 Å². The molecule has 0 saturated heterocycles. The summed E-state index contributed by atoms with van der Waals surface area (Å²) in [7, 11) is 1.84. The second-order valence-corrected chi connectivity index (χ2v) is 4.72. The predicted molar refractivity (Wildman–Crippen MR) is 71.0 cm³/mol. The van der Waals surface area contributed by atoms with Gasteiger partial charge in [0, 0.05) is 13.1 Å². The minimum Gasteiger partial charge on any atom is -0.341 e. The minimum atomic E-state index is -0.918. The van der Waals surface area contributed by atoms with Crippen LogP contribution in [0.25, 0.3) is 0 Å². The largest absolute Gasteiger partial charge is 0.341 e. The molecule has 1 saturated carbocycles. The van der Waals surface area contributed by atoms with Crippen molar-refractivity contribution in [3.63, 3.8) is 0 Å². The lowest BCUT2D eigenvalue weighted by Crippen LogP contribution is -2.50. The first kappa shape index (κ1) is 14.0. The maximum Gasteiger partial charge on any atom is 0.246 e. The van der Waals surface area contributed by atoms with Crippen molar-refractivity contribution < 1.29 is 4.79 Å². The quantitative estimate of drug-likeness (QED) is 0.896. The molecular formula is C13H19ClN2O. The van der Waals surface area contributed by atoms with Crippen LogP contribution in [0.3, 0.4) is 0 Å². The van der Waals surface area contributed by atoms with E-state index in [2.05, 4.69) is 0 Å². The molecule has 2 N–H and O–H groups in total. The van der Waals surface area contributed by atoms with Crippen molar-refractivity contribution in [3.8, 4) is 0 Å². The highest BCUT2D eigenvalue weighted by atomic mass is 35.5. The third kappa shape index (κ3) is 2.79. The van der Waals surface area contributed by atoms with E-state index in [1.54, 1.807) is 11.8 Å².